The number of hydrogen-bond acceptors (Lipinski definition) is 2. The third-order valence-electron chi connectivity index (χ3n) is 4.72. The Hall–Kier alpha value is -1.58. The number of hydrogen-bond donors (Lipinski definition) is 1. The number of carbonyl (C=O) groups excluding carboxylic acids is 1. The van der Waals surface area contributed by atoms with Gasteiger partial charge >= 0.3 is 0 Å². The zero-order valence-electron chi connectivity index (χ0n) is 12.5. The van der Waals surface area contributed by atoms with Gasteiger partial charge in [-0.15, -0.1) is 0 Å². The lowest BCUT2D eigenvalue weighted by Gasteiger charge is -2.26. The van der Waals surface area contributed by atoms with Crippen molar-refractivity contribution in [3.05, 3.63) is 29.6 Å². The van der Waals surface area contributed by atoms with E-state index in [9.17, 15) is 9.18 Å². The molecule has 110 valence electrons. The molecule has 1 fully saturated rings. The minimum atomic E-state index is -0.380. The van der Waals surface area contributed by atoms with Crippen LogP contribution in [0, 0.1) is 11.2 Å². The molecule has 1 heterocycles. The molecule has 1 saturated heterocycles. The lowest BCUT2D eigenvalue weighted by Crippen LogP contribution is -2.32. The molecular weight excluding hydrogens is 255 g/mol. The van der Waals surface area contributed by atoms with Gasteiger partial charge in [-0.3, -0.25) is 4.79 Å². The second-order valence-corrected chi connectivity index (χ2v) is 5.60. The number of anilines is 1. The summed E-state index contributed by atoms with van der Waals surface area (Å²) in [6.45, 7) is 5.90. The van der Waals surface area contributed by atoms with Crippen molar-refractivity contribution in [2.75, 3.05) is 25.5 Å². The first-order chi connectivity index (χ1) is 9.56. The zero-order chi connectivity index (χ0) is 14.8. The summed E-state index contributed by atoms with van der Waals surface area (Å²) in [6, 6.07) is 4.65. The highest BCUT2D eigenvalue weighted by Gasteiger charge is 2.37. The molecule has 1 aromatic carbocycles. The van der Waals surface area contributed by atoms with Gasteiger partial charge in [0.2, 0.25) is 0 Å². The van der Waals surface area contributed by atoms with Crippen LogP contribution in [0.4, 0.5) is 10.1 Å². The molecule has 1 aliphatic heterocycles. The maximum absolute atomic E-state index is 13.7. The Labute approximate surface area is 120 Å². The van der Waals surface area contributed by atoms with Crippen molar-refractivity contribution in [3.8, 4) is 0 Å². The van der Waals surface area contributed by atoms with Crippen LogP contribution in [0.3, 0.4) is 0 Å². The van der Waals surface area contributed by atoms with Gasteiger partial charge in [0.1, 0.15) is 5.82 Å². The summed E-state index contributed by atoms with van der Waals surface area (Å²) in [4.78, 5) is 14.5. The van der Waals surface area contributed by atoms with Gasteiger partial charge in [-0.05, 0) is 36.8 Å². The fourth-order valence-electron chi connectivity index (χ4n) is 3.06. The van der Waals surface area contributed by atoms with E-state index in [0.717, 1.165) is 32.4 Å². The smallest absolute Gasteiger partial charge is 0.256 e. The minimum Gasteiger partial charge on any atom is -0.385 e. The van der Waals surface area contributed by atoms with Gasteiger partial charge in [-0.25, -0.2) is 4.39 Å². The second-order valence-electron chi connectivity index (χ2n) is 5.60. The SMILES string of the molecule is CCC1(CC)CCN(C(=O)c2cccc(F)c2NC)C1. The molecule has 3 nitrogen and oxygen atoms in total. The van der Waals surface area contributed by atoms with Crippen molar-refractivity contribution < 1.29 is 9.18 Å². The first-order valence-electron chi connectivity index (χ1n) is 7.32. The molecule has 1 amide bonds. The lowest BCUT2D eigenvalue weighted by molar-refractivity contribution is 0.0770. The van der Waals surface area contributed by atoms with Gasteiger partial charge in [0.15, 0.2) is 0 Å². The number of amides is 1. The molecule has 0 atom stereocenters. The van der Waals surface area contributed by atoms with E-state index in [2.05, 4.69) is 19.2 Å². The van der Waals surface area contributed by atoms with Gasteiger partial charge in [0, 0.05) is 20.1 Å². The van der Waals surface area contributed by atoms with Crippen LogP contribution in [0.15, 0.2) is 18.2 Å². The fraction of sp³-hybridized carbons (Fsp3) is 0.562. The fourth-order valence-corrected chi connectivity index (χ4v) is 3.06. The lowest BCUT2D eigenvalue weighted by atomic mass is 9.82. The monoisotopic (exact) mass is 278 g/mol. The summed E-state index contributed by atoms with van der Waals surface area (Å²) in [5.41, 5.74) is 0.960. The highest BCUT2D eigenvalue weighted by atomic mass is 19.1. The third-order valence-corrected chi connectivity index (χ3v) is 4.72. The summed E-state index contributed by atoms with van der Waals surface area (Å²) in [6.07, 6.45) is 3.20. The number of likely N-dealkylation sites (tertiary alicyclic amines) is 1. The molecule has 0 bridgehead atoms. The van der Waals surface area contributed by atoms with Crippen LogP contribution in [0.25, 0.3) is 0 Å². The predicted molar refractivity (Wildman–Crippen MR) is 79.5 cm³/mol. The van der Waals surface area contributed by atoms with E-state index in [1.165, 1.54) is 6.07 Å². The van der Waals surface area contributed by atoms with Crippen molar-refractivity contribution in [2.45, 2.75) is 33.1 Å². The van der Waals surface area contributed by atoms with Crippen LogP contribution in [0.1, 0.15) is 43.5 Å². The summed E-state index contributed by atoms with van der Waals surface area (Å²) in [7, 11) is 1.64. The Bertz CT molecular complexity index is 497. The van der Waals surface area contributed by atoms with Gasteiger partial charge < -0.3 is 10.2 Å². The number of para-hydroxylation sites is 1. The van der Waals surface area contributed by atoms with E-state index >= 15 is 0 Å². The molecule has 0 aliphatic carbocycles. The second kappa shape index (κ2) is 5.81. The van der Waals surface area contributed by atoms with Crippen LogP contribution in [0.2, 0.25) is 0 Å². The highest BCUT2D eigenvalue weighted by Crippen LogP contribution is 2.38. The normalized spacial score (nSPS) is 17.3. The first-order valence-corrected chi connectivity index (χ1v) is 7.32. The Kier molecular flexibility index (Phi) is 4.31. The average molecular weight is 278 g/mol. The topological polar surface area (TPSA) is 32.3 Å². The maximum Gasteiger partial charge on any atom is 0.256 e. The van der Waals surface area contributed by atoms with Gasteiger partial charge in [0.05, 0.1) is 11.3 Å². The summed E-state index contributed by atoms with van der Waals surface area (Å²) in [5.74, 6) is -0.451. The highest BCUT2D eigenvalue weighted by molar-refractivity contribution is 5.99. The molecule has 4 heteroatoms. The Morgan fingerprint density at radius 1 is 1.40 bits per heavy atom. The molecule has 0 saturated carbocycles. The largest absolute Gasteiger partial charge is 0.385 e. The van der Waals surface area contributed by atoms with Gasteiger partial charge in [0.25, 0.3) is 5.91 Å². The Morgan fingerprint density at radius 3 is 2.65 bits per heavy atom. The van der Waals surface area contributed by atoms with Crippen molar-refractivity contribution in [2.24, 2.45) is 5.41 Å². The molecule has 0 radical (unpaired) electrons. The van der Waals surface area contributed by atoms with Crippen LogP contribution < -0.4 is 5.32 Å². The average Bonchev–Trinajstić information content (AvgIpc) is 2.91. The summed E-state index contributed by atoms with van der Waals surface area (Å²) in [5, 5.41) is 2.79. The molecule has 1 aliphatic rings. The maximum atomic E-state index is 13.7. The van der Waals surface area contributed by atoms with Crippen molar-refractivity contribution in [1.29, 1.82) is 0 Å². The van der Waals surface area contributed by atoms with E-state index in [0.29, 0.717) is 11.3 Å². The van der Waals surface area contributed by atoms with Crippen LogP contribution in [0.5, 0.6) is 0 Å². The van der Waals surface area contributed by atoms with Crippen LogP contribution in [-0.4, -0.2) is 30.9 Å². The van der Waals surface area contributed by atoms with E-state index in [1.807, 2.05) is 4.90 Å². The number of rotatable bonds is 4. The number of nitrogens with one attached hydrogen (secondary N) is 1. The number of carbonyl (C=O) groups is 1. The Balaban J connectivity index is 2.24. The van der Waals surface area contributed by atoms with Crippen LogP contribution in [-0.2, 0) is 0 Å². The molecule has 1 N–H and O–H groups in total. The van der Waals surface area contributed by atoms with E-state index in [1.54, 1.807) is 19.2 Å². The van der Waals surface area contributed by atoms with Crippen LogP contribution >= 0.6 is 0 Å². The first kappa shape index (κ1) is 14.8. The quantitative estimate of drug-likeness (QED) is 0.914. The van der Waals surface area contributed by atoms with E-state index in [4.69, 9.17) is 0 Å². The van der Waals surface area contributed by atoms with Crippen molar-refractivity contribution in [1.82, 2.24) is 4.90 Å². The summed E-state index contributed by atoms with van der Waals surface area (Å²) >= 11 is 0. The zero-order valence-corrected chi connectivity index (χ0v) is 12.5. The standard InChI is InChI=1S/C16H23FN2O/c1-4-16(5-2)9-10-19(11-16)15(20)12-7-6-8-13(17)14(12)18-3/h6-8,18H,4-5,9-11H2,1-3H3. The van der Waals surface area contributed by atoms with E-state index < -0.39 is 0 Å². The molecule has 20 heavy (non-hydrogen) atoms. The molecular formula is C16H23FN2O. The molecule has 1 aromatic rings. The van der Waals surface area contributed by atoms with Crippen molar-refractivity contribution >= 4 is 11.6 Å². The Morgan fingerprint density at radius 2 is 2.10 bits per heavy atom. The third kappa shape index (κ3) is 2.51. The predicted octanol–water partition coefficient (Wildman–Crippen LogP) is 3.52. The molecule has 2 rings (SSSR count). The molecule has 0 spiro atoms. The minimum absolute atomic E-state index is 0.0716. The number of nitrogens with zero attached hydrogens (tertiary/aromatic N) is 1. The summed E-state index contributed by atoms with van der Waals surface area (Å²) < 4.78 is 13.7. The van der Waals surface area contributed by atoms with E-state index in [-0.39, 0.29) is 17.1 Å². The number of halogens is 1. The number of benzene rings is 1. The van der Waals surface area contributed by atoms with Crippen molar-refractivity contribution in [3.63, 3.8) is 0 Å². The van der Waals surface area contributed by atoms with Gasteiger partial charge in [-0.1, -0.05) is 19.9 Å². The molecule has 0 unspecified atom stereocenters. The van der Waals surface area contributed by atoms with Gasteiger partial charge in [-0.2, -0.15) is 0 Å². The molecule has 0 aromatic heterocycles.